The largest absolute Gasteiger partial charge is 0.487 e. The maximum Gasteiger partial charge on any atom is 0.239 e. The van der Waals surface area contributed by atoms with Gasteiger partial charge < -0.3 is 4.74 Å². The van der Waals surface area contributed by atoms with Crippen LogP contribution in [0.1, 0.15) is 5.56 Å². The molecule has 2 aromatic rings. The first kappa shape index (κ1) is 16.0. The standard InChI is InChI=1S/C13H10Cl2FNO3S/c14-12-10(4-5-11(13(12)15)21(17,18)19)20-7-8-2-1-3-9(16)6-8/h1-6H,7H2,(H2,17,18,19). The van der Waals surface area contributed by atoms with E-state index < -0.39 is 10.0 Å². The van der Waals surface area contributed by atoms with Crippen molar-refractivity contribution in [2.45, 2.75) is 11.5 Å². The van der Waals surface area contributed by atoms with Gasteiger partial charge in [-0.15, -0.1) is 0 Å². The molecular weight excluding hydrogens is 340 g/mol. The SMILES string of the molecule is NS(=O)(=O)c1ccc(OCc2cccc(F)c2)c(Cl)c1Cl. The molecule has 0 heterocycles. The minimum Gasteiger partial charge on any atom is -0.487 e. The molecule has 0 amide bonds. The van der Waals surface area contributed by atoms with Gasteiger partial charge in [0.15, 0.2) is 0 Å². The molecular formula is C13H10Cl2FNO3S. The summed E-state index contributed by atoms with van der Waals surface area (Å²) in [5.74, 6) is -0.205. The van der Waals surface area contributed by atoms with Gasteiger partial charge in [-0.25, -0.2) is 17.9 Å². The molecule has 0 aliphatic heterocycles. The highest BCUT2D eigenvalue weighted by atomic mass is 35.5. The topological polar surface area (TPSA) is 69.4 Å². The van der Waals surface area contributed by atoms with Gasteiger partial charge in [-0.05, 0) is 29.8 Å². The normalized spacial score (nSPS) is 11.4. The fourth-order valence-electron chi connectivity index (χ4n) is 1.63. The zero-order chi connectivity index (χ0) is 15.6. The van der Waals surface area contributed by atoms with E-state index in [1.165, 1.54) is 24.3 Å². The van der Waals surface area contributed by atoms with E-state index in [0.29, 0.717) is 5.56 Å². The molecule has 0 aliphatic carbocycles. The van der Waals surface area contributed by atoms with Gasteiger partial charge in [-0.1, -0.05) is 35.3 Å². The lowest BCUT2D eigenvalue weighted by Crippen LogP contribution is -2.13. The minimum absolute atomic E-state index is 0.0581. The molecule has 0 bridgehead atoms. The lowest BCUT2D eigenvalue weighted by molar-refractivity contribution is 0.305. The zero-order valence-electron chi connectivity index (χ0n) is 10.5. The van der Waals surface area contributed by atoms with Crippen LogP contribution >= 0.6 is 23.2 Å². The van der Waals surface area contributed by atoms with E-state index in [2.05, 4.69) is 0 Å². The van der Waals surface area contributed by atoms with Gasteiger partial charge in [-0.3, -0.25) is 0 Å². The predicted molar refractivity (Wildman–Crippen MR) is 78.6 cm³/mol. The summed E-state index contributed by atoms with van der Waals surface area (Å²) in [7, 11) is -3.97. The van der Waals surface area contributed by atoms with Crippen LogP contribution in [0.3, 0.4) is 0 Å². The van der Waals surface area contributed by atoms with Crippen LogP contribution in [-0.4, -0.2) is 8.42 Å². The van der Waals surface area contributed by atoms with Crippen LogP contribution in [0.4, 0.5) is 4.39 Å². The number of rotatable bonds is 4. The Kier molecular flexibility index (Phi) is 4.73. The van der Waals surface area contributed by atoms with Crippen LogP contribution in [0.5, 0.6) is 5.75 Å². The Morgan fingerprint density at radius 3 is 2.48 bits per heavy atom. The third-order valence-electron chi connectivity index (χ3n) is 2.60. The van der Waals surface area contributed by atoms with E-state index in [0.717, 1.165) is 0 Å². The second kappa shape index (κ2) is 6.19. The van der Waals surface area contributed by atoms with Crippen molar-refractivity contribution in [1.29, 1.82) is 0 Å². The predicted octanol–water partition coefficient (Wildman–Crippen LogP) is 3.36. The molecule has 2 aromatic carbocycles. The van der Waals surface area contributed by atoms with Gasteiger partial charge >= 0.3 is 0 Å². The molecule has 0 aliphatic rings. The molecule has 0 unspecified atom stereocenters. The number of nitrogens with two attached hydrogens (primary N) is 1. The van der Waals surface area contributed by atoms with Crippen LogP contribution in [0, 0.1) is 5.82 Å². The Morgan fingerprint density at radius 2 is 1.86 bits per heavy atom. The maximum absolute atomic E-state index is 13.0. The van der Waals surface area contributed by atoms with E-state index in [4.69, 9.17) is 33.1 Å². The number of primary sulfonamides is 1. The summed E-state index contributed by atoms with van der Waals surface area (Å²) < 4.78 is 41.0. The molecule has 0 saturated carbocycles. The van der Waals surface area contributed by atoms with E-state index in [9.17, 15) is 12.8 Å². The lowest BCUT2D eigenvalue weighted by atomic mass is 10.2. The number of sulfonamides is 1. The zero-order valence-corrected chi connectivity index (χ0v) is 12.8. The molecule has 0 atom stereocenters. The Bertz CT molecular complexity index is 781. The molecule has 0 spiro atoms. The highest BCUT2D eigenvalue weighted by molar-refractivity contribution is 7.89. The smallest absolute Gasteiger partial charge is 0.239 e. The van der Waals surface area contributed by atoms with Crippen molar-refractivity contribution in [2.24, 2.45) is 5.14 Å². The molecule has 8 heteroatoms. The minimum atomic E-state index is -3.97. The van der Waals surface area contributed by atoms with Crippen molar-refractivity contribution >= 4 is 33.2 Å². The molecule has 0 saturated heterocycles. The van der Waals surface area contributed by atoms with Crippen LogP contribution < -0.4 is 9.88 Å². The van der Waals surface area contributed by atoms with E-state index >= 15 is 0 Å². The summed E-state index contributed by atoms with van der Waals surface area (Å²) in [5.41, 5.74) is 0.595. The fourth-order valence-corrected chi connectivity index (χ4v) is 3.00. The Balaban J connectivity index is 2.24. The van der Waals surface area contributed by atoms with Crippen molar-refractivity contribution < 1.29 is 17.5 Å². The monoisotopic (exact) mass is 349 g/mol. The first-order chi connectivity index (χ1) is 9.79. The molecule has 0 aromatic heterocycles. The molecule has 112 valence electrons. The summed E-state index contributed by atoms with van der Waals surface area (Å²) in [4.78, 5) is -0.285. The van der Waals surface area contributed by atoms with Crippen LogP contribution in [-0.2, 0) is 16.6 Å². The number of ether oxygens (including phenoxy) is 1. The molecule has 4 nitrogen and oxygen atoms in total. The highest BCUT2D eigenvalue weighted by Crippen LogP contribution is 2.36. The second-order valence-electron chi connectivity index (χ2n) is 4.15. The van der Waals surface area contributed by atoms with Gasteiger partial charge in [0, 0.05) is 0 Å². The summed E-state index contributed by atoms with van der Waals surface area (Å²) >= 11 is 11.8. The molecule has 21 heavy (non-hydrogen) atoms. The number of benzene rings is 2. The van der Waals surface area contributed by atoms with Crippen LogP contribution in [0.25, 0.3) is 0 Å². The highest BCUT2D eigenvalue weighted by Gasteiger charge is 2.18. The van der Waals surface area contributed by atoms with Crippen LogP contribution in [0.15, 0.2) is 41.3 Å². The number of halogens is 3. The third-order valence-corrected chi connectivity index (χ3v) is 4.53. The van der Waals surface area contributed by atoms with E-state index in [-0.39, 0.29) is 33.1 Å². The van der Waals surface area contributed by atoms with Gasteiger partial charge in [0.2, 0.25) is 10.0 Å². The summed E-state index contributed by atoms with van der Waals surface area (Å²) in [5, 5.41) is 4.72. The van der Waals surface area contributed by atoms with Gasteiger partial charge in [-0.2, -0.15) is 0 Å². The van der Waals surface area contributed by atoms with Crippen molar-refractivity contribution in [3.63, 3.8) is 0 Å². The van der Waals surface area contributed by atoms with Crippen molar-refractivity contribution in [2.75, 3.05) is 0 Å². The van der Waals surface area contributed by atoms with Crippen molar-refractivity contribution in [3.8, 4) is 5.75 Å². The first-order valence-electron chi connectivity index (χ1n) is 5.67. The van der Waals surface area contributed by atoms with E-state index in [1.807, 2.05) is 0 Å². The molecule has 2 N–H and O–H groups in total. The second-order valence-corrected chi connectivity index (χ2v) is 6.44. The molecule has 2 rings (SSSR count). The Morgan fingerprint density at radius 1 is 1.14 bits per heavy atom. The summed E-state index contributed by atoms with van der Waals surface area (Å²) in [6.45, 7) is 0.0581. The van der Waals surface area contributed by atoms with Crippen molar-refractivity contribution in [1.82, 2.24) is 0 Å². The maximum atomic E-state index is 13.0. The van der Waals surface area contributed by atoms with Crippen molar-refractivity contribution in [3.05, 3.63) is 57.8 Å². The quantitative estimate of drug-likeness (QED) is 0.919. The third kappa shape index (κ3) is 3.85. The number of hydrogen-bond acceptors (Lipinski definition) is 3. The summed E-state index contributed by atoms with van der Waals surface area (Å²) in [6, 6.07) is 8.39. The van der Waals surface area contributed by atoms with Gasteiger partial charge in [0.25, 0.3) is 0 Å². The average Bonchev–Trinajstić information content (AvgIpc) is 2.39. The van der Waals surface area contributed by atoms with Gasteiger partial charge in [0.05, 0.1) is 5.02 Å². The molecule has 0 fully saturated rings. The van der Waals surface area contributed by atoms with Crippen LogP contribution in [0.2, 0.25) is 10.0 Å². The Labute approximate surface area is 131 Å². The average molecular weight is 350 g/mol. The van der Waals surface area contributed by atoms with E-state index in [1.54, 1.807) is 12.1 Å². The number of hydrogen-bond donors (Lipinski definition) is 1. The summed E-state index contributed by atoms with van der Waals surface area (Å²) in [6.07, 6.45) is 0. The lowest BCUT2D eigenvalue weighted by Gasteiger charge is -2.11. The fraction of sp³-hybridized carbons (Fsp3) is 0.0769. The Hall–Kier alpha value is -1.34. The molecule has 0 radical (unpaired) electrons. The van der Waals surface area contributed by atoms with Gasteiger partial charge in [0.1, 0.15) is 28.1 Å². The first-order valence-corrected chi connectivity index (χ1v) is 7.97.